The van der Waals surface area contributed by atoms with Crippen molar-refractivity contribution in [3.8, 4) is 33.6 Å². The van der Waals surface area contributed by atoms with Crippen LogP contribution >= 0.6 is 0 Å². The van der Waals surface area contributed by atoms with E-state index in [1.165, 1.54) is 7.11 Å². The van der Waals surface area contributed by atoms with E-state index < -0.39 is 12.1 Å². The number of ether oxygens (including phenoxy) is 1. The molecule has 0 spiro atoms. The number of carbonyl (C=O) groups excluding carboxylic acids is 3. The number of imidazole rings is 2. The van der Waals surface area contributed by atoms with E-state index in [9.17, 15) is 14.4 Å². The molecule has 0 bridgehead atoms. The second kappa shape index (κ2) is 15.5. The van der Waals surface area contributed by atoms with E-state index in [0.29, 0.717) is 5.92 Å². The Hall–Kier alpha value is -4.93. The molecular weight excluding hydrogens is 642 g/mol. The molecular formula is C40H51N7O4. The van der Waals surface area contributed by atoms with Crippen LogP contribution in [0.3, 0.4) is 0 Å². The molecule has 2 fully saturated rings. The lowest BCUT2D eigenvalue weighted by Crippen LogP contribution is -2.52. The first-order chi connectivity index (χ1) is 24.5. The molecule has 6 rings (SSSR count). The SMILES string of the molecule is COC(=O)N[C@H](C(=O)N[C@H]1CCC[C@@H]1c1ncc(-c2ccc(-c3ccc(-c4cnc([C@@H]5CCCN5C(=O)[C@@H](C)C(C)C)[nH]4)cc3)cc2)[nH]1)C(C)C. The molecule has 1 aliphatic carbocycles. The summed E-state index contributed by atoms with van der Waals surface area (Å²) in [6.07, 6.45) is 7.77. The lowest BCUT2D eigenvalue weighted by atomic mass is 9.96. The summed E-state index contributed by atoms with van der Waals surface area (Å²) in [6.45, 7) is 10.8. The van der Waals surface area contributed by atoms with Gasteiger partial charge in [-0.2, -0.15) is 0 Å². The lowest BCUT2D eigenvalue weighted by molar-refractivity contribution is -0.137. The number of nitrogens with zero attached hydrogens (tertiary/aromatic N) is 3. The van der Waals surface area contributed by atoms with Crippen LogP contribution in [0, 0.1) is 17.8 Å². The van der Waals surface area contributed by atoms with Crippen molar-refractivity contribution in [3.63, 3.8) is 0 Å². The van der Waals surface area contributed by atoms with Gasteiger partial charge in [0.2, 0.25) is 11.8 Å². The van der Waals surface area contributed by atoms with Crippen LogP contribution < -0.4 is 10.6 Å². The van der Waals surface area contributed by atoms with Crippen molar-refractivity contribution in [1.82, 2.24) is 35.5 Å². The van der Waals surface area contributed by atoms with Crippen LogP contribution in [0.5, 0.6) is 0 Å². The summed E-state index contributed by atoms with van der Waals surface area (Å²) in [4.78, 5) is 56.5. The van der Waals surface area contributed by atoms with Gasteiger partial charge in [-0.25, -0.2) is 14.8 Å². The van der Waals surface area contributed by atoms with Crippen molar-refractivity contribution in [2.24, 2.45) is 17.8 Å². The van der Waals surface area contributed by atoms with E-state index in [1.807, 2.05) is 38.1 Å². The number of hydrogen-bond donors (Lipinski definition) is 4. The normalized spacial score (nSPS) is 20.1. The predicted molar refractivity (Wildman–Crippen MR) is 197 cm³/mol. The Morgan fingerprint density at radius 2 is 1.33 bits per heavy atom. The fourth-order valence-electron chi connectivity index (χ4n) is 7.32. The predicted octanol–water partition coefficient (Wildman–Crippen LogP) is 7.22. The minimum Gasteiger partial charge on any atom is -0.453 e. The monoisotopic (exact) mass is 693 g/mol. The Morgan fingerprint density at radius 1 is 0.765 bits per heavy atom. The van der Waals surface area contributed by atoms with Crippen LogP contribution in [-0.4, -0.2) is 68.5 Å². The Kier molecular flexibility index (Phi) is 10.9. The standard InChI is InChI=1S/C40H51N7O4/c1-23(2)25(5)39(49)47-20-8-11-34(47)37-42-22-33(44-37)29-18-14-27(15-19-29)26-12-16-28(17-13-26)32-21-41-36(43-32)30-9-7-10-31(30)45-38(48)35(24(3)4)46-40(50)51-6/h12-19,21-25,30-31,34-35H,7-11,20H2,1-6H3,(H,41,43)(H,42,44)(H,45,48)(H,46,50)/t25-,30-,31-,34-,35-/m0/s1. The highest BCUT2D eigenvalue weighted by Crippen LogP contribution is 2.36. The highest BCUT2D eigenvalue weighted by Gasteiger charge is 2.36. The third-order valence-corrected chi connectivity index (χ3v) is 10.8. The van der Waals surface area contributed by atoms with Crippen LogP contribution in [-0.2, 0) is 14.3 Å². The maximum absolute atomic E-state index is 13.1. The highest BCUT2D eigenvalue weighted by atomic mass is 16.5. The van der Waals surface area contributed by atoms with E-state index in [4.69, 9.17) is 14.7 Å². The van der Waals surface area contributed by atoms with Crippen molar-refractivity contribution in [2.75, 3.05) is 13.7 Å². The second-order valence-corrected chi connectivity index (χ2v) is 14.8. The van der Waals surface area contributed by atoms with Gasteiger partial charge in [0.15, 0.2) is 0 Å². The average Bonchev–Trinajstić information content (AvgIpc) is 3.97. The quantitative estimate of drug-likeness (QED) is 0.131. The van der Waals surface area contributed by atoms with E-state index in [-0.39, 0.29) is 41.7 Å². The van der Waals surface area contributed by atoms with Crippen LogP contribution in [0.4, 0.5) is 4.79 Å². The molecule has 11 nitrogen and oxygen atoms in total. The molecule has 11 heteroatoms. The first-order valence-corrected chi connectivity index (χ1v) is 18.3. The molecule has 51 heavy (non-hydrogen) atoms. The van der Waals surface area contributed by atoms with Gasteiger partial charge in [-0.3, -0.25) is 9.59 Å². The van der Waals surface area contributed by atoms with Crippen molar-refractivity contribution in [3.05, 3.63) is 72.6 Å². The van der Waals surface area contributed by atoms with Crippen molar-refractivity contribution in [1.29, 1.82) is 0 Å². The number of carbonyl (C=O) groups is 3. The minimum absolute atomic E-state index is 0.00373. The maximum atomic E-state index is 13.1. The zero-order valence-corrected chi connectivity index (χ0v) is 30.5. The number of nitrogens with one attached hydrogen (secondary N) is 4. The molecule has 2 aromatic carbocycles. The summed E-state index contributed by atoms with van der Waals surface area (Å²) >= 11 is 0. The number of amides is 3. The topological polar surface area (TPSA) is 145 Å². The smallest absolute Gasteiger partial charge is 0.407 e. The first kappa shape index (κ1) is 35.9. The number of rotatable bonds is 11. The van der Waals surface area contributed by atoms with Crippen LogP contribution in [0.15, 0.2) is 60.9 Å². The number of benzene rings is 2. The molecule has 2 aliphatic rings. The fraction of sp³-hybridized carbons (Fsp3) is 0.475. The number of aromatic nitrogens is 4. The summed E-state index contributed by atoms with van der Waals surface area (Å²) in [7, 11) is 1.29. The number of methoxy groups -OCH3 is 1. The Bertz CT molecular complexity index is 1810. The molecule has 3 heterocycles. The molecule has 270 valence electrons. The van der Waals surface area contributed by atoms with E-state index >= 15 is 0 Å². The second-order valence-electron chi connectivity index (χ2n) is 14.8. The van der Waals surface area contributed by atoms with Gasteiger partial charge in [0, 0.05) is 24.4 Å². The molecule has 4 N–H and O–H groups in total. The summed E-state index contributed by atoms with van der Waals surface area (Å²) in [5.41, 5.74) is 6.16. The zero-order chi connectivity index (χ0) is 36.2. The largest absolute Gasteiger partial charge is 0.453 e. The Morgan fingerprint density at radius 3 is 1.90 bits per heavy atom. The van der Waals surface area contributed by atoms with Gasteiger partial charge < -0.3 is 30.2 Å². The summed E-state index contributed by atoms with van der Waals surface area (Å²) < 4.78 is 4.72. The molecule has 2 aromatic heterocycles. The average molecular weight is 694 g/mol. The molecule has 0 radical (unpaired) electrons. The van der Waals surface area contributed by atoms with Gasteiger partial charge >= 0.3 is 6.09 Å². The lowest BCUT2D eigenvalue weighted by Gasteiger charge is -2.27. The van der Waals surface area contributed by atoms with Crippen LogP contribution in [0.2, 0.25) is 0 Å². The molecule has 1 saturated heterocycles. The van der Waals surface area contributed by atoms with E-state index in [2.05, 4.69) is 83.0 Å². The van der Waals surface area contributed by atoms with Crippen molar-refractivity contribution < 1.29 is 19.1 Å². The van der Waals surface area contributed by atoms with E-state index in [0.717, 1.165) is 83.9 Å². The van der Waals surface area contributed by atoms with Gasteiger partial charge in [-0.15, -0.1) is 0 Å². The first-order valence-electron chi connectivity index (χ1n) is 18.3. The Balaban J connectivity index is 1.09. The van der Waals surface area contributed by atoms with Crippen LogP contribution in [0.1, 0.15) is 90.3 Å². The van der Waals surface area contributed by atoms with Gasteiger partial charge in [0.05, 0.1) is 36.9 Å². The highest BCUT2D eigenvalue weighted by molar-refractivity contribution is 5.86. The van der Waals surface area contributed by atoms with Gasteiger partial charge in [0.1, 0.15) is 17.7 Å². The summed E-state index contributed by atoms with van der Waals surface area (Å²) in [6, 6.07) is 16.1. The summed E-state index contributed by atoms with van der Waals surface area (Å²) in [5, 5.41) is 5.82. The minimum atomic E-state index is -0.677. The third kappa shape index (κ3) is 7.87. The van der Waals surface area contributed by atoms with Crippen molar-refractivity contribution >= 4 is 17.9 Å². The Labute approximate surface area is 300 Å². The van der Waals surface area contributed by atoms with Gasteiger partial charge in [-0.05, 0) is 59.8 Å². The number of hydrogen-bond acceptors (Lipinski definition) is 6. The van der Waals surface area contributed by atoms with E-state index in [1.54, 1.807) is 0 Å². The summed E-state index contributed by atoms with van der Waals surface area (Å²) in [5.74, 6) is 1.98. The van der Waals surface area contributed by atoms with Gasteiger partial charge in [-0.1, -0.05) is 89.6 Å². The maximum Gasteiger partial charge on any atom is 0.407 e. The number of H-pyrrole nitrogens is 2. The zero-order valence-electron chi connectivity index (χ0n) is 30.5. The molecule has 5 atom stereocenters. The number of aromatic amines is 2. The van der Waals surface area contributed by atoms with Gasteiger partial charge in [0.25, 0.3) is 0 Å². The number of likely N-dealkylation sites (tertiary alicyclic amines) is 1. The van der Waals surface area contributed by atoms with Crippen LogP contribution in [0.25, 0.3) is 33.6 Å². The third-order valence-electron chi connectivity index (χ3n) is 10.8. The molecule has 0 unspecified atom stereocenters. The molecule has 3 amide bonds. The van der Waals surface area contributed by atoms with Crippen molar-refractivity contribution in [2.45, 2.75) is 90.8 Å². The molecule has 1 saturated carbocycles. The fourth-order valence-corrected chi connectivity index (χ4v) is 7.32. The molecule has 1 aliphatic heterocycles. The molecule has 4 aromatic rings. The number of alkyl carbamates (subject to hydrolysis) is 1.